The first-order chi connectivity index (χ1) is 4.66. The van der Waals surface area contributed by atoms with E-state index < -0.39 is 0 Å². The van der Waals surface area contributed by atoms with E-state index in [1.807, 2.05) is 20.8 Å². The number of rotatable bonds is 1. The Morgan fingerprint density at radius 2 is 2.10 bits per heavy atom. The number of ether oxygens (including phenoxy) is 1. The normalized spacial score (nSPS) is 40.7. The van der Waals surface area contributed by atoms with Crippen molar-refractivity contribution in [3.05, 3.63) is 0 Å². The Balaban J connectivity index is 2.61. The molecule has 0 bridgehead atoms. The lowest BCUT2D eigenvalue weighted by atomic mass is 9.99. The standard InChI is InChI=1S/C8H14O2/c1-4-7-5(2)8(9)6(3)10-7/h5-7H,4H2,1-3H3/t5-,6?,7-/m1/s1. The van der Waals surface area contributed by atoms with Gasteiger partial charge in [-0.3, -0.25) is 4.79 Å². The second kappa shape index (κ2) is 2.70. The van der Waals surface area contributed by atoms with Gasteiger partial charge in [0.25, 0.3) is 0 Å². The second-order valence-corrected chi connectivity index (χ2v) is 2.92. The predicted molar refractivity (Wildman–Crippen MR) is 38.8 cm³/mol. The molecule has 1 unspecified atom stereocenters. The summed E-state index contributed by atoms with van der Waals surface area (Å²) in [5.41, 5.74) is 0. The van der Waals surface area contributed by atoms with Gasteiger partial charge in [0.15, 0.2) is 5.78 Å². The largest absolute Gasteiger partial charge is 0.367 e. The van der Waals surface area contributed by atoms with Crippen molar-refractivity contribution in [2.45, 2.75) is 39.4 Å². The number of ketones is 1. The molecule has 0 aromatic rings. The average molecular weight is 142 g/mol. The SMILES string of the molecule is CC[C@H]1OC(C)C(=O)[C@@H]1C. The van der Waals surface area contributed by atoms with Crippen molar-refractivity contribution in [3.8, 4) is 0 Å². The van der Waals surface area contributed by atoms with Crippen LogP contribution in [0.5, 0.6) is 0 Å². The Morgan fingerprint density at radius 3 is 2.30 bits per heavy atom. The molecule has 1 aliphatic heterocycles. The van der Waals surface area contributed by atoms with Crippen LogP contribution in [-0.4, -0.2) is 18.0 Å². The average Bonchev–Trinajstić information content (AvgIpc) is 2.17. The molecular formula is C8H14O2. The van der Waals surface area contributed by atoms with E-state index in [1.54, 1.807) is 0 Å². The van der Waals surface area contributed by atoms with Gasteiger partial charge in [0.1, 0.15) is 6.10 Å². The van der Waals surface area contributed by atoms with Gasteiger partial charge in [-0.25, -0.2) is 0 Å². The van der Waals surface area contributed by atoms with Crippen LogP contribution in [0, 0.1) is 5.92 Å². The highest BCUT2D eigenvalue weighted by Gasteiger charge is 2.36. The van der Waals surface area contributed by atoms with Crippen LogP contribution in [-0.2, 0) is 9.53 Å². The highest BCUT2D eigenvalue weighted by molar-refractivity contribution is 5.86. The zero-order valence-electron chi connectivity index (χ0n) is 6.76. The number of hydrogen-bond acceptors (Lipinski definition) is 2. The summed E-state index contributed by atoms with van der Waals surface area (Å²) in [6, 6.07) is 0. The van der Waals surface area contributed by atoms with Crippen LogP contribution in [0.2, 0.25) is 0 Å². The molecule has 1 rings (SSSR count). The lowest BCUT2D eigenvalue weighted by Gasteiger charge is -2.08. The van der Waals surface area contributed by atoms with Crippen LogP contribution in [0.3, 0.4) is 0 Å². The molecule has 0 aromatic heterocycles. The molecule has 0 aliphatic carbocycles. The first kappa shape index (κ1) is 7.73. The third-order valence-corrected chi connectivity index (χ3v) is 2.19. The summed E-state index contributed by atoms with van der Waals surface area (Å²) in [7, 11) is 0. The van der Waals surface area contributed by atoms with Gasteiger partial charge < -0.3 is 4.74 Å². The van der Waals surface area contributed by atoms with Crippen LogP contribution in [0.4, 0.5) is 0 Å². The molecule has 0 saturated carbocycles. The van der Waals surface area contributed by atoms with Crippen LogP contribution >= 0.6 is 0 Å². The Hall–Kier alpha value is -0.370. The number of carbonyl (C=O) groups is 1. The third-order valence-electron chi connectivity index (χ3n) is 2.19. The summed E-state index contributed by atoms with van der Waals surface area (Å²) >= 11 is 0. The van der Waals surface area contributed by atoms with Gasteiger partial charge in [-0.1, -0.05) is 13.8 Å². The fraction of sp³-hybridized carbons (Fsp3) is 0.875. The smallest absolute Gasteiger partial charge is 0.166 e. The van der Waals surface area contributed by atoms with Crippen molar-refractivity contribution >= 4 is 5.78 Å². The molecule has 1 aliphatic rings. The molecule has 0 spiro atoms. The molecule has 1 fully saturated rings. The zero-order chi connectivity index (χ0) is 7.72. The molecule has 0 amide bonds. The summed E-state index contributed by atoms with van der Waals surface area (Å²) < 4.78 is 5.39. The van der Waals surface area contributed by atoms with Gasteiger partial charge in [-0.05, 0) is 13.3 Å². The summed E-state index contributed by atoms with van der Waals surface area (Å²) in [6.45, 7) is 5.82. The zero-order valence-corrected chi connectivity index (χ0v) is 6.76. The number of hydrogen-bond donors (Lipinski definition) is 0. The van der Waals surface area contributed by atoms with Gasteiger partial charge >= 0.3 is 0 Å². The monoisotopic (exact) mass is 142 g/mol. The minimum absolute atomic E-state index is 0.111. The van der Waals surface area contributed by atoms with E-state index in [1.165, 1.54) is 0 Å². The molecule has 0 N–H and O–H groups in total. The molecule has 0 radical (unpaired) electrons. The van der Waals surface area contributed by atoms with E-state index in [-0.39, 0.29) is 23.9 Å². The maximum absolute atomic E-state index is 11.1. The quantitative estimate of drug-likeness (QED) is 0.553. The Labute approximate surface area is 61.6 Å². The first-order valence-electron chi connectivity index (χ1n) is 3.86. The minimum atomic E-state index is -0.167. The molecule has 3 atom stereocenters. The van der Waals surface area contributed by atoms with Crippen LogP contribution < -0.4 is 0 Å². The van der Waals surface area contributed by atoms with Crippen molar-refractivity contribution in [2.75, 3.05) is 0 Å². The minimum Gasteiger partial charge on any atom is -0.367 e. The van der Waals surface area contributed by atoms with Gasteiger partial charge in [-0.15, -0.1) is 0 Å². The van der Waals surface area contributed by atoms with Crippen molar-refractivity contribution in [1.29, 1.82) is 0 Å². The first-order valence-corrected chi connectivity index (χ1v) is 3.86. The van der Waals surface area contributed by atoms with Crippen molar-refractivity contribution in [1.82, 2.24) is 0 Å². The highest BCUT2D eigenvalue weighted by Crippen LogP contribution is 2.24. The Bertz CT molecular complexity index is 142. The lowest BCUT2D eigenvalue weighted by molar-refractivity contribution is -0.123. The van der Waals surface area contributed by atoms with Crippen molar-refractivity contribution in [3.63, 3.8) is 0 Å². The molecule has 0 aromatic carbocycles. The van der Waals surface area contributed by atoms with E-state index >= 15 is 0 Å². The van der Waals surface area contributed by atoms with E-state index in [0.29, 0.717) is 0 Å². The molecule has 1 heterocycles. The van der Waals surface area contributed by atoms with Crippen molar-refractivity contribution in [2.24, 2.45) is 5.92 Å². The maximum Gasteiger partial charge on any atom is 0.166 e. The van der Waals surface area contributed by atoms with Crippen LogP contribution in [0.15, 0.2) is 0 Å². The molecule has 1 saturated heterocycles. The second-order valence-electron chi connectivity index (χ2n) is 2.92. The number of Topliss-reactive ketones (excluding diaryl/α,β-unsaturated/α-hetero) is 1. The van der Waals surface area contributed by atoms with E-state index in [0.717, 1.165) is 6.42 Å². The van der Waals surface area contributed by atoms with E-state index in [4.69, 9.17) is 4.74 Å². The van der Waals surface area contributed by atoms with E-state index in [9.17, 15) is 4.79 Å². The molecule has 2 heteroatoms. The summed E-state index contributed by atoms with van der Waals surface area (Å²) in [6.07, 6.45) is 0.944. The Morgan fingerprint density at radius 1 is 1.50 bits per heavy atom. The van der Waals surface area contributed by atoms with Gasteiger partial charge in [0.2, 0.25) is 0 Å². The maximum atomic E-state index is 11.1. The molecule has 58 valence electrons. The van der Waals surface area contributed by atoms with Gasteiger partial charge in [-0.2, -0.15) is 0 Å². The topological polar surface area (TPSA) is 26.3 Å². The number of carbonyl (C=O) groups excluding carboxylic acids is 1. The highest BCUT2D eigenvalue weighted by atomic mass is 16.5. The Kier molecular flexibility index (Phi) is 2.09. The fourth-order valence-corrected chi connectivity index (χ4v) is 1.45. The van der Waals surface area contributed by atoms with Crippen LogP contribution in [0.1, 0.15) is 27.2 Å². The van der Waals surface area contributed by atoms with Crippen molar-refractivity contribution < 1.29 is 9.53 Å². The van der Waals surface area contributed by atoms with Gasteiger partial charge in [0.05, 0.1) is 6.10 Å². The van der Waals surface area contributed by atoms with E-state index in [2.05, 4.69) is 0 Å². The summed E-state index contributed by atoms with van der Waals surface area (Å²) in [5, 5.41) is 0. The fourth-order valence-electron chi connectivity index (χ4n) is 1.45. The molecule has 10 heavy (non-hydrogen) atoms. The third kappa shape index (κ3) is 1.08. The lowest BCUT2D eigenvalue weighted by Crippen LogP contribution is -2.16. The molecular weight excluding hydrogens is 128 g/mol. The van der Waals surface area contributed by atoms with Crippen LogP contribution in [0.25, 0.3) is 0 Å². The summed E-state index contributed by atoms with van der Waals surface area (Å²) in [5.74, 6) is 0.367. The van der Waals surface area contributed by atoms with Gasteiger partial charge in [0, 0.05) is 5.92 Å². The summed E-state index contributed by atoms with van der Waals surface area (Å²) in [4.78, 5) is 11.1. The predicted octanol–water partition coefficient (Wildman–Crippen LogP) is 1.39. The molecule has 2 nitrogen and oxygen atoms in total.